The van der Waals surface area contributed by atoms with E-state index in [1.54, 1.807) is 37.3 Å². The van der Waals surface area contributed by atoms with Crippen molar-refractivity contribution in [3.63, 3.8) is 0 Å². The Labute approximate surface area is 166 Å². The van der Waals surface area contributed by atoms with E-state index in [1.165, 1.54) is 0 Å². The van der Waals surface area contributed by atoms with Crippen molar-refractivity contribution in [2.24, 2.45) is 0 Å². The molecule has 1 atom stereocenters. The molecule has 8 heteroatoms. The lowest BCUT2D eigenvalue weighted by atomic mass is 9.82. The summed E-state index contributed by atoms with van der Waals surface area (Å²) >= 11 is 0. The monoisotopic (exact) mass is 408 g/mol. The standard InChI is InChI=1S/C21H23F3N2O3/c1-2-3-12-17(28)25-20(21(22,23)24)18-15(10-7-11-16(18)27)26(19(20)29)13-14-8-5-4-6-9-14/h4-6,8-9H,2-3,7,10-13H2,1H3,(H,25,28)/t20-/m1/s1. The lowest BCUT2D eigenvalue weighted by Crippen LogP contribution is -2.66. The molecule has 1 aromatic carbocycles. The summed E-state index contributed by atoms with van der Waals surface area (Å²) in [5, 5.41) is 1.93. The van der Waals surface area contributed by atoms with Gasteiger partial charge < -0.3 is 10.2 Å². The Morgan fingerprint density at radius 3 is 2.48 bits per heavy atom. The van der Waals surface area contributed by atoms with Crippen molar-refractivity contribution < 1.29 is 27.6 Å². The summed E-state index contributed by atoms with van der Waals surface area (Å²) in [4.78, 5) is 39.1. The van der Waals surface area contributed by atoms with Crippen LogP contribution >= 0.6 is 0 Å². The predicted molar refractivity (Wildman–Crippen MR) is 99.3 cm³/mol. The third-order valence-electron chi connectivity index (χ3n) is 5.34. The maximum Gasteiger partial charge on any atom is 0.425 e. The van der Waals surface area contributed by atoms with Crippen LogP contribution in [0.1, 0.15) is 51.0 Å². The van der Waals surface area contributed by atoms with Gasteiger partial charge in [-0.2, -0.15) is 13.2 Å². The molecule has 2 amide bonds. The lowest BCUT2D eigenvalue weighted by molar-refractivity contribution is -0.194. The van der Waals surface area contributed by atoms with Crippen LogP contribution in [0.3, 0.4) is 0 Å². The maximum absolute atomic E-state index is 14.4. The van der Waals surface area contributed by atoms with Crippen LogP contribution in [-0.4, -0.2) is 34.2 Å². The van der Waals surface area contributed by atoms with Crippen LogP contribution in [-0.2, 0) is 20.9 Å². The Hall–Kier alpha value is -2.64. The van der Waals surface area contributed by atoms with Crippen LogP contribution in [0.5, 0.6) is 0 Å². The number of nitrogens with one attached hydrogen (secondary N) is 1. The van der Waals surface area contributed by atoms with E-state index in [1.807, 2.05) is 5.32 Å². The number of nitrogens with zero attached hydrogens (tertiary/aromatic N) is 1. The fourth-order valence-corrected chi connectivity index (χ4v) is 3.95. The quantitative estimate of drug-likeness (QED) is 0.782. The molecule has 0 saturated carbocycles. The second-order valence-corrected chi connectivity index (χ2v) is 7.37. The second kappa shape index (κ2) is 8.00. The van der Waals surface area contributed by atoms with Crippen molar-refractivity contribution in [1.29, 1.82) is 0 Å². The topological polar surface area (TPSA) is 66.5 Å². The summed E-state index contributed by atoms with van der Waals surface area (Å²) < 4.78 is 43.1. The summed E-state index contributed by atoms with van der Waals surface area (Å²) in [6.07, 6.45) is -3.79. The average molecular weight is 408 g/mol. The van der Waals surface area contributed by atoms with Gasteiger partial charge in [0.1, 0.15) is 0 Å². The van der Waals surface area contributed by atoms with E-state index in [4.69, 9.17) is 0 Å². The summed E-state index contributed by atoms with van der Waals surface area (Å²) in [6.45, 7) is 1.72. The first-order valence-electron chi connectivity index (χ1n) is 9.72. The molecular weight excluding hydrogens is 385 g/mol. The Kier molecular flexibility index (Phi) is 5.82. The third kappa shape index (κ3) is 3.68. The minimum Gasteiger partial charge on any atom is -0.330 e. The van der Waals surface area contributed by atoms with Crippen molar-refractivity contribution in [2.45, 2.75) is 63.7 Å². The highest BCUT2D eigenvalue weighted by Gasteiger charge is 2.70. The molecule has 1 heterocycles. The van der Waals surface area contributed by atoms with Gasteiger partial charge in [0.2, 0.25) is 11.4 Å². The van der Waals surface area contributed by atoms with Gasteiger partial charge in [0.05, 0.1) is 12.1 Å². The largest absolute Gasteiger partial charge is 0.425 e. The highest BCUT2D eigenvalue weighted by molar-refractivity contribution is 6.13. The summed E-state index contributed by atoms with van der Waals surface area (Å²) in [5.74, 6) is -2.92. The van der Waals surface area contributed by atoms with E-state index in [0.29, 0.717) is 24.8 Å². The van der Waals surface area contributed by atoms with Gasteiger partial charge in [0.15, 0.2) is 5.78 Å². The van der Waals surface area contributed by atoms with Crippen LogP contribution in [0, 0.1) is 0 Å². The minimum absolute atomic E-state index is 0.0724. The van der Waals surface area contributed by atoms with Crippen LogP contribution in [0.15, 0.2) is 41.6 Å². The highest BCUT2D eigenvalue weighted by Crippen LogP contribution is 2.48. The van der Waals surface area contributed by atoms with Crippen LogP contribution in [0.2, 0.25) is 0 Å². The first-order valence-corrected chi connectivity index (χ1v) is 9.72. The van der Waals surface area contributed by atoms with E-state index in [9.17, 15) is 27.6 Å². The van der Waals surface area contributed by atoms with Crippen molar-refractivity contribution >= 4 is 17.6 Å². The van der Waals surface area contributed by atoms with E-state index in [2.05, 4.69) is 0 Å². The fourth-order valence-electron chi connectivity index (χ4n) is 3.95. The number of carbonyl (C=O) groups excluding carboxylic acids is 3. The predicted octanol–water partition coefficient (Wildman–Crippen LogP) is 3.64. The van der Waals surface area contributed by atoms with Crippen LogP contribution < -0.4 is 5.32 Å². The SMILES string of the molecule is CCCCC(=O)N[C@@]1(C(F)(F)F)C(=O)N(Cc2ccccc2)C2=C1C(=O)CCC2. The number of benzene rings is 1. The van der Waals surface area contributed by atoms with Crippen molar-refractivity contribution in [1.82, 2.24) is 10.2 Å². The first kappa shape index (κ1) is 21.1. The zero-order chi connectivity index (χ0) is 21.2. The number of hydrogen-bond acceptors (Lipinski definition) is 3. The van der Waals surface area contributed by atoms with Crippen molar-refractivity contribution in [2.75, 3.05) is 0 Å². The molecule has 1 N–H and O–H groups in total. The van der Waals surface area contributed by atoms with Gasteiger partial charge in [0.25, 0.3) is 5.91 Å². The number of amides is 2. The van der Waals surface area contributed by atoms with E-state index < -0.39 is 34.9 Å². The molecule has 0 bridgehead atoms. The Bertz CT molecular complexity index is 848. The lowest BCUT2D eigenvalue weighted by Gasteiger charge is -2.33. The van der Waals surface area contributed by atoms with Gasteiger partial charge in [-0.3, -0.25) is 14.4 Å². The number of unbranched alkanes of at least 4 members (excludes halogenated alkanes) is 1. The zero-order valence-corrected chi connectivity index (χ0v) is 16.1. The maximum atomic E-state index is 14.4. The van der Waals surface area contributed by atoms with Gasteiger partial charge in [-0.25, -0.2) is 0 Å². The summed E-state index contributed by atoms with van der Waals surface area (Å²) in [6, 6.07) is 8.61. The number of rotatable bonds is 6. The van der Waals surface area contributed by atoms with Crippen LogP contribution in [0.4, 0.5) is 13.2 Å². The number of halogens is 3. The van der Waals surface area contributed by atoms with E-state index in [0.717, 1.165) is 4.90 Å². The molecule has 0 saturated heterocycles. The molecular formula is C21H23F3N2O3. The van der Waals surface area contributed by atoms with Gasteiger partial charge in [0, 0.05) is 18.5 Å². The molecule has 1 aromatic rings. The number of carbonyl (C=O) groups is 3. The molecule has 3 rings (SSSR count). The van der Waals surface area contributed by atoms with E-state index >= 15 is 0 Å². The molecule has 29 heavy (non-hydrogen) atoms. The Morgan fingerprint density at radius 2 is 1.86 bits per heavy atom. The molecule has 0 aromatic heterocycles. The van der Waals surface area contributed by atoms with Gasteiger partial charge in [-0.05, 0) is 24.8 Å². The molecule has 1 aliphatic carbocycles. The molecule has 0 fully saturated rings. The molecule has 2 aliphatic rings. The number of ketones is 1. The molecule has 0 unspecified atom stereocenters. The van der Waals surface area contributed by atoms with Gasteiger partial charge in [-0.15, -0.1) is 0 Å². The molecule has 1 aliphatic heterocycles. The molecule has 5 nitrogen and oxygen atoms in total. The summed E-state index contributed by atoms with van der Waals surface area (Å²) in [7, 11) is 0. The van der Waals surface area contributed by atoms with Crippen molar-refractivity contribution in [3.8, 4) is 0 Å². The molecule has 0 radical (unpaired) electrons. The molecule has 156 valence electrons. The minimum atomic E-state index is -5.13. The number of allylic oxidation sites excluding steroid dienone is 1. The van der Waals surface area contributed by atoms with Crippen LogP contribution in [0.25, 0.3) is 0 Å². The highest BCUT2D eigenvalue weighted by atomic mass is 19.4. The van der Waals surface area contributed by atoms with E-state index in [-0.39, 0.29) is 31.5 Å². The second-order valence-electron chi connectivity index (χ2n) is 7.37. The first-order chi connectivity index (χ1) is 13.7. The zero-order valence-electron chi connectivity index (χ0n) is 16.1. The van der Waals surface area contributed by atoms with Crippen molar-refractivity contribution in [3.05, 3.63) is 47.2 Å². The van der Waals surface area contributed by atoms with Gasteiger partial charge >= 0.3 is 6.18 Å². The number of Topliss-reactive ketones (excluding diaryl/α,β-unsaturated/α-hetero) is 1. The Morgan fingerprint density at radius 1 is 1.17 bits per heavy atom. The molecule has 0 spiro atoms. The Balaban J connectivity index is 2.09. The smallest absolute Gasteiger partial charge is 0.330 e. The fraction of sp³-hybridized carbons (Fsp3) is 0.476. The number of hydrogen-bond donors (Lipinski definition) is 1. The van der Waals surface area contributed by atoms with Gasteiger partial charge in [-0.1, -0.05) is 43.7 Å². The normalized spacial score (nSPS) is 22.1. The number of alkyl halides is 3. The third-order valence-corrected chi connectivity index (χ3v) is 5.34. The average Bonchev–Trinajstić information content (AvgIpc) is 2.91. The summed E-state index contributed by atoms with van der Waals surface area (Å²) in [5.41, 5.74) is -3.20.